The lowest BCUT2D eigenvalue weighted by Crippen LogP contribution is -2.54. The molecule has 0 aliphatic carbocycles. The number of piperidine rings is 1. The number of likely N-dealkylation sites (tertiary alicyclic amines) is 1. The van der Waals surface area contributed by atoms with E-state index in [1.165, 1.54) is 0 Å². The largest absolute Gasteiger partial charge is 0.392 e. The number of aliphatic hydroxyl groups excluding tert-OH is 1. The van der Waals surface area contributed by atoms with Crippen molar-refractivity contribution in [3.05, 3.63) is 34.9 Å². The molecule has 3 heterocycles. The van der Waals surface area contributed by atoms with Gasteiger partial charge in [-0.1, -0.05) is 12.1 Å². The van der Waals surface area contributed by atoms with Gasteiger partial charge in [0, 0.05) is 32.1 Å². The number of nitrogens with one attached hydrogen (secondary N) is 1. The van der Waals surface area contributed by atoms with E-state index in [-0.39, 0.29) is 30.0 Å². The van der Waals surface area contributed by atoms with Crippen molar-refractivity contribution in [2.45, 2.75) is 44.0 Å². The van der Waals surface area contributed by atoms with Crippen LogP contribution in [0.5, 0.6) is 0 Å². The van der Waals surface area contributed by atoms with Gasteiger partial charge in [0.25, 0.3) is 11.8 Å². The highest BCUT2D eigenvalue weighted by Crippen LogP contribution is 2.31. The molecule has 1 aromatic carbocycles. The number of carbonyl (C=O) groups is 4. The number of imide groups is 2. The van der Waals surface area contributed by atoms with Gasteiger partial charge in [0.15, 0.2) is 0 Å². The Morgan fingerprint density at radius 1 is 1.18 bits per heavy atom. The zero-order chi connectivity index (χ0) is 20.0. The number of hydrogen-bond donors (Lipinski definition) is 3. The SMILES string of the molecule is NC[C@H]1C[C@H](O)CN1Cc1cccc2c1C(=O)N(C1CCC(=O)NC1=O)C2=O. The number of β-amino-alcohol motifs (C(OH)–C–C–N with tert-alkyl or cyclic N) is 1. The van der Waals surface area contributed by atoms with Crippen molar-refractivity contribution in [2.24, 2.45) is 5.73 Å². The van der Waals surface area contributed by atoms with Crippen molar-refractivity contribution in [1.82, 2.24) is 15.1 Å². The highest BCUT2D eigenvalue weighted by atomic mass is 16.3. The first-order valence-corrected chi connectivity index (χ1v) is 9.36. The van der Waals surface area contributed by atoms with E-state index in [1.54, 1.807) is 18.2 Å². The van der Waals surface area contributed by atoms with Gasteiger partial charge in [-0.3, -0.25) is 34.3 Å². The van der Waals surface area contributed by atoms with E-state index >= 15 is 0 Å². The van der Waals surface area contributed by atoms with Gasteiger partial charge >= 0.3 is 0 Å². The second-order valence-corrected chi connectivity index (χ2v) is 7.50. The van der Waals surface area contributed by atoms with Crippen molar-refractivity contribution < 1.29 is 24.3 Å². The molecule has 3 aliphatic heterocycles. The van der Waals surface area contributed by atoms with Crippen LogP contribution in [0.25, 0.3) is 0 Å². The molecule has 0 aromatic heterocycles. The maximum atomic E-state index is 13.1. The van der Waals surface area contributed by atoms with Crippen LogP contribution in [-0.2, 0) is 16.1 Å². The first-order valence-electron chi connectivity index (χ1n) is 9.36. The fourth-order valence-corrected chi connectivity index (χ4v) is 4.33. The Kier molecular flexibility index (Phi) is 4.74. The molecular weight excluding hydrogens is 364 g/mol. The lowest BCUT2D eigenvalue weighted by molar-refractivity contribution is -0.136. The number of nitrogens with two attached hydrogens (primary N) is 1. The van der Waals surface area contributed by atoms with Gasteiger partial charge in [-0.2, -0.15) is 0 Å². The summed E-state index contributed by atoms with van der Waals surface area (Å²) in [6, 6.07) is 4.07. The maximum Gasteiger partial charge on any atom is 0.262 e. The van der Waals surface area contributed by atoms with Crippen molar-refractivity contribution in [2.75, 3.05) is 13.1 Å². The zero-order valence-corrected chi connectivity index (χ0v) is 15.3. The summed E-state index contributed by atoms with van der Waals surface area (Å²) in [5, 5.41) is 12.1. The number of aliphatic hydroxyl groups is 1. The van der Waals surface area contributed by atoms with Gasteiger partial charge in [-0.15, -0.1) is 0 Å². The third kappa shape index (κ3) is 3.01. The molecule has 4 rings (SSSR count). The minimum absolute atomic E-state index is 0.00398. The third-order valence-electron chi connectivity index (χ3n) is 5.71. The molecule has 4 N–H and O–H groups in total. The summed E-state index contributed by atoms with van der Waals surface area (Å²) in [5.74, 6) is -2.07. The van der Waals surface area contributed by atoms with E-state index in [1.807, 2.05) is 4.90 Å². The van der Waals surface area contributed by atoms with Gasteiger partial charge in [0.05, 0.1) is 17.2 Å². The van der Waals surface area contributed by atoms with Crippen LogP contribution in [0.15, 0.2) is 18.2 Å². The van der Waals surface area contributed by atoms with Crippen LogP contribution in [-0.4, -0.2) is 69.8 Å². The Labute approximate surface area is 161 Å². The van der Waals surface area contributed by atoms with Crippen molar-refractivity contribution >= 4 is 23.6 Å². The fraction of sp³-hybridized carbons (Fsp3) is 0.474. The molecule has 1 unspecified atom stereocenters. The number of nitrogens with zero attached hydrogens (tertiary/aromatic N) is 2. The van der Waals surface area contributed by atoms with Crippen LogP contribution in [0.1, 0.15) is 45.5 Å². The number of rotatable bonds is 4. The number of hydrogen-bond acceptors (Lipinski definition) is 7. The minimum atomic E-state index is -0.983. The lowest BCUT2D eigenvalue weighted by Gasteiger charge is -2.28. The zero-order valence-electron chi connectivity index (χ0n) is 15.3. The fourth-order valence-electron chi connectivity index (χ4n) is 4.33. The minimum Gasteiger partial charge on any atom is -0.392 e. The van der Waals surface area contributed by atoms with Gasteiger partial charge < -0.3 is 10.8 Å². The van der Waals surface area contributed by atoms with E-state index in [0.29, 0.717) is 31.6 Å². The van der Waals surface area contributed by atoms with Crippen LogP contribution in [0, 0.1) is 0 Å². The van der Waals surface area contributed by atoms with E-state index < -0.39 is 35.8 Å². The first kappa shape index (κ1) is 18.7. The molecule has 28 heavy (non-hydrogen) atoms. The summed E-state index contributed by atoms with van der Waals surface area (Å²) in [6.07, 6.45) is 0.308. The molecule has 9 heteroatoms. The summed E-state index contributed by atoms with van der Waals surface area (Å²) >= 11 is 0. The van der Waals surface area contributed by atoms with E-state index in [4.69, 9.17) is 5.73 Å². The summed E-state index contributed by atoms with van der Waals surface area (Å²) in [4.78, 5) is 52.5. The van der Waals surface area contributed by atoms with Gasteiger partial charge in [-0.25, -0.2) is 0 Å². The first-order chi connectivity index (χ1) is 13.4. The van der Waals surface area contributed by atoms with Crippen molar-refractivity contribution in [3.63, 3.8) is 0 Å². The highest BCUT2D eigenvalue weighted by Gasteiger charge is 2.45. The number of fused-ring (bicyclic) bond motifs is 1. The second kappa shape index (κ2) is 7.08. The van der Waals surface area contributed by atoms with Crippen LogP contribution < -0.4 is 11.1 Å². The molecule has 0 radical (unpaired) electrons. The molecule has 3 atom stereocenters. The molecule has 9 nitrogen and oxygen atoms in total. The molecule has 4 amide bonds. The third-order valence-corrected chi connectivity index (χ3v) is 5.71. The van der Waals surface area contributed by atoms with Crippen molar-refractivity contribution in [3.8, 4) is 0 Å². The van der Waals surface area contributed by atoms with Crippen LogP contribution in [0.2, 0.25) is 0 Å². The molecule has 2 fully saturated rings. The van der Waals surface area contributed by atoms with E-state index in [2.05, 4.69) is 5.32 Å². The van der Waals surface area contributed by atoms with Crippen LogP contribution in [0.4, 0.5) is 0 Å². The van der Waals surface area contributed by atoms with Gasteiger partial charge in [0.1, 0.15) is 6.04 Å². The number of amides is 4. The Morgan fingerprint density at radius 2 is 1.96 bits per heavy atom. The van der Waals surface area contributed by atoms with E-state index in [0.717, 1.165) is 4.90 Å². The summed E-state index contributed by atoms with van der Waals surface area (Å²) in [7, 11) is 0. The van der Waals surface area contributed by atoms with E-state index in [9.17, 15) is 24.3 Å². The monoisotopic (exact) mass is 386 g/mol. The second-order valence-electron chi connectivity index (χ2n) is 7.50. The molecule has 148 valence electrons. The van der Waals surface area contributed by atoms with Gasteiger partial charge in [0.2, 0.25) is 11.8 Å². The Bertz CT molecular complexity index is 870. The molecule has 3 aliphatic rings. The Balaban J connectivity index is 1.63. The molecule has 0 spiro atoms. The van der Waals surface area contributed by atoms with Crippen LogP contribution >= 0.6 is 0 Å². The molecule has 0 saturated carbocycles. The predicted molar refractivity (Wildman–Crippen MR) is 97.0 cm³/mol. The predicted octanol–water partition coefficient (Wildman–Crippen LogP) is -1.02. The maximum absolute atomic E-state index is 13.1. The Hall–Kier alpha value is -2.62. The quantitative estimate of drug-likeness (QED) is 0.564. The smallest absolute Gasteiger partial charge is 0.262 e. The molecular formula is C19H22N4O5. The molecule has 0 bridgehead atoms. The normalized spacial score (nSPS) is 28.1. The average molecular weight is 386 g/mol. The Morgan fingerprint density at radius 3 is 2.68 bits per heavy atom. The lowest BCUT2D eigenvalue weighted by atomic mass is 10.0. The number of carbonyl (C=O) groups excluding carboxylic acids is 4. The average Bonchev–Trinajstić information content (AvgIpc) is 3.13. The highest BCUT2D eigenvalue weighted by molar-refractivity contribution is 6.24. The topological polar surface area (TPSA) is 133 Å². The number of benzene rings is 1. The standard InChI is InChI=1S/C19H22N4O5/c20-7-11-6-12(24)9-22(11)8-10-2-1-3-13-16(10)19(28)23(18(13)27)14-4-5-15(25)21-17(14)26/h1-3,11-12,14,24H,4-9,20H2,(H,21,25,26)/t11-,12+,14?/m1/s1. The molecule has 2 saturated heterocycles. The summed E-state index contributed by atoms with van der Waals surface area (Å²) < 4.78 is 0. The summed E-state index contributed by atoms with van der Waals surface area (Å²) in [5.41, 5.74) is 7.01. The van der Waals surface area contributed by atoms with Crippen LogP contribution in [0.3, 0.4) is 0 Å². The summed E-state index contributed by atoms with van der Waals surface area (Å²) in [6.45, 7) is 1.22. The molecule has 1 aromatic rings. The van der Waals surface area contributed by atoms with Crippen molar-refractivity contribution in [1.29, 1.82) is 0 Å². The van der Waals surface area contributed by atoms with Gasteiger partial charge in [-0.05, 0) is 24.5 Å².